The number of carbonyl (C=O) groups is 1. The maximum atomic E-state index is 12.9. The van der Waals surface area contributed by atoms with Crippen LogP contribution in [0.5, 0.6) is 0 Å². The van der Waals surface area contributed by atoms with E-state index < -0.39 is 17.6 Å². The molecular weight excluding hydrogens is 379 g/mol. The summed E-state index contributed by atoms with van der Waals surface area (Å²) in [4.78, 5) is 15.8. The Morgan fingerprint density at radius 1 is 1.07 bits per heavy atom. The Bertz CT molecular complexity index is 1010. The number of alkyl halides is 3. The van der Waals surface area contributed by atoms with Gasteiger partial charge in [-0.2, -0.15) is 13.2 Å². The minimum Gasteiger partial charge on any atom is -0.366 e. The molecule has 4 nitrogen and oxygen atoms in total. The molecule has 1 unspecified atom stereocenters. The van der Waals surface area contributed by atoms with Crippen LogP contribution in [0.3, 0.4) is 0 Å². The Balaban J connectivity index is 1.88. The highest BCUT2D eigenvalue weighted by Gasteiger charge is 2.30. The largest absolute Gasteiger partial charge is 0.416 e. The van der Waals surface area contributed by atoms with Gasteiger partial charge >= 0.3 is 6.18 Å². The maximum absolute atomic E-state index is 12.9. The third-order valence-corrected chi connectivity index (χ3v) is 4.64. The molecule has 3 N–H and O–H groups in total. The molecule has 0 fully saturated rings. The van der Waals surface area contributed by atoms with E-state index in [1.807, 2.05) is 12.1 Å². The number of hydrogen-bond donors (Lipinski definition) is 2. The van der Waals surface area contributed by atoms with E-state index in [1.165, 1.54) is 6.07 Å². The van der Waals surface area contributed by atoms with E-state index >= 15 is 0 Å². The third-order valence-electron chi connectivity index (χ3n) is 4.64. The van der Waals surface area contributed by atoms with Crippen LogP contribution in [0.4, 0.5) is 19.0 Å². The Morgan fingerprint density at radius 2 is 1.76 bits per heavy atom. The van der Waals surface area contributed by atoms with Gasteiger partial charge in [-0.05, 0) is 60.4 Å². The van der Waals surface area contributed by atoms with Crippen LogP contribution in [0, 0.1) is 5.92 Å². The summed E-state index contributed by atoms with van der Waals surface area (Å²) < 4.78 is 38.7. The number of aromatic nitrogens is 1. The molecule has 0 saturated heterocycles. The summed E-state index contributed by atoms with van der Waals surface area (Å²) in [6.45, 7) is 4.19. The first kappa shape index (κ1) is 20.6. The molecule has 0 spiro atoms. The second-order valence-corrected chi connectivity index (χ2v) is 7.41. The third kappa shape index (κ3) is 5.04. The zero-order valence-electron chi connectivity index (χ0n) is 16.1. The van der Waals surface area contributed by atoms with Gasteiger partial charge in [0.15, 0.2) is 0 Å². The van der Waals surface area contributed by atoms with Crippen LogP contribution in [0.2, 0.25) is 0 Å². The van der Waals surface area contributed by atoms with E-state index in [9.17, 15) is 18.0 Å². The van der Waals surface area contributed by atoms with Crippen LogP contribution in [-0.2, 0) is 6.18 Å². The first-order chi connectivity index (χ1) is 13.6. The van der Waals surface area contributed by atoms with Crippen molar-refractivity contribution < 1.29 is 18.0 Å². The summed E-state index contributed by atoms with van der Waals surface area (Å²) >= 11 is 0. The number of carbonyl (C=O) groups excluding carboxylic acids is 1. The topological polar surface area (TPSA) is 68.0 Å². The highest BCUT2D eigenvalue weighted by Crippen LogP contribution is 2.32. The number of anilines is 1. The molecule has 2 aromatic carbocycles. The molecule has 7 heteroatoms. The minimum absolute atomic E-state index is 0.0728. The normalized spacial score (nSPS) is 12.9. The second kappa shape index (κ2) is 8.11. The number of benzene rings is 2. The van der Waals surface area contributed by atoms with Gasteiger partial charge < -0.3 is 11.1 Å². The summed E-state index contributed by atoms with van der Waals surface area (Å²) in [5, 5.41) is 3.79. The lowest BCUT2D eigenvalue weighted by Crippen LogP contribution is -2.15. The van der Waals surface area contributed by atoms with Gasteiger partial charge in [-0.1, -0.05) is 26.0 Å². The van der Waals surface area contributed by atoms with Crippen molar-refractivity contribution in [3.63, 3.8) is 0 Å². The number of nitrogens with two attached hydrogens (primary N) is 1. The highest BCUT2D eigenvalue weighted by molar-refractivity contribution is 5.92. The summed E-state index contributed by atoms with van der Waals surface area (Å²) in [7, 11) is 0. The van der Waals surface area contributed by atoms with Crippen molar-refractivity contribution in [1.82, 2.24) is 4.98 Å². The smallest absolute Gasteiger partial charge is 0.366 e. The fraction of sp³-hybridized carbons (Fsp3) is 0.273. The molecule has 29 heavy (non-hydrogen) atoms. The van der Waals surface area contributed by atoms with Gasteiger partial charge in [0.05, 0.1) is 17.1 Å². The molecule has 0 saturated carbocycles. The van der Waals surface area contributed by atoms with Gasteiger partial charge in [0.1, 0.15) is 5.82 Å². The van der Waals surface area contributed by atoms with Crippen LogP contribution in [-0.4, -0.2) is 10.9 Å². The van der Waals surface area contributed by atoms with Crippen LogP contribution < -0.4 is 11.1 Å². The highest BCUT2D eigenvalue weighted by atomic mass is 19.4. The Hall–Kier alpha value is -3.09. The van der Waals surface area contributed by atoms with Crippen molar-refractivity contribution >= 4 is 22.6 Å². The molecule has 1 amide bonds. The Labute approximate surface area is 166 Å². The minimum atomic E-state index is -4.38. The van der Waals surface area contributed by atoms with Crippen molar-refractivity contribution in [1.29, 1.82) is 0 Å². The van der Waals surface area contributed by atoms with E-state index in [1.54, 1.807) is 24.3 Å². The number of halogens is 3. The number of amides is 1. The monoisotopic (exact) mass is 401 g/mol. The second-order valence-electron chi connectivity index (χ2n) is 7.41. The van der Waals surface area contributed by atoms with E-state index in [4.69, 9.17) is 5.73 Å². The molecule has 152 valence electrons. The Kier molecular flexibility index (Phi) is 5.77. The van der Waals surface area contributed by atoms with Crippen LogP contribution >= 0.6 is 0 Å². The molecule has 1 atom stereocenters. The van der Waals surface area contributed by atoms with Gasteiger partial charge in [-0.3, -0.25) is 4.79 Å². The van der Waals surface area contributed by atoms with E-state index in [0.29, 0.717) is 28.2 Å². The van der Waals surface area contributed by atoms with Crippen molar-refractivity contribution in [2.75, 3.05) is 5.32 Å². The van der Waals surface area contributed by atoms with E-state index in [2.05, 4.69) is 24.1 Å². The molecule has 0 aliphatic carbocycles. The predicted molar refractivity (Wildman–Crippen MR) is 108 cm³/mol. The first-order valence-electron chi connectivity index (χ1n) is 9.28. The number of rotatable bonds is 6. The van der Waals surface area contributed by atoms with Crippen LogP contribution in [0.25, 0.3) is 10.9 Å². The van der Waals surface area contributed by atoms with Gasteiger partial charge in [0.25, 0.3) is 0 Å². The summed E-state index contributed by atoms with van der Waals surface area (Å²) in [6, 6.07) is 13.8. The van der Waals surface area contributed by atoms with Crippen molar-refractivity contribution in [3.05, 3.63) is 71.3 Å². The number of hydrogen-bond acceptors (Lipinski definition) is 3. The lowest BCUT2D eigenvalue weighted by atomic mass is 9.96. The van der Waals surface area contributed by atoms with Gasteiger partial charge in [-0.15, -0.1) is 0 Å². The first-order valence-corrected chi connectivity index (χ1v) is 9.28. The molecule has 0 aliphatic rings. The zero-order chi connectivity index (χ0) is 21.2. The number of fused-ring (bicyclic) bond motifs is 1. The van der Waals surface area contributed by atoms with E-state index in [0.717, 1.165) is 24.1 Å². The molecule has 0 bridgehead atoms. The molecule has 0 aliphatic heterocycles. The van der Waals surface area contributed by atoms with Gasteiger partial charge in [0, 0.05) is 10.9 Å². The number of nitrogens with zero attached hydrogens (tertiary/aromatic N) is 1. The summed E-state index contributed by atoms with van der Waals surface area (Å²) in [6.07, 6.45) is -3.58. The van der Waals surface area contributed by atoms with E-state index in [-0.39, 0.29) is 6.04 Å². The SMILES string of the molecule is CC(C)CC(Nc1ccc2cc(C(F)(F)F)ccc2n1)c1ccc(C(N)=O)cc1. The summed E-state index contributed by atoms with van der Waals surface area (Å²) in [5.74, 6) is 0.472. The van der Waals surface area contributed by atoms with Crippen molar-refractivity contribution in [3.8, 4) is 0 Å². The Morgan fingerprint density at radius 3 is 2.34 bits per heavy atom. The lowest BCUT2D eigenvalue weighted by molar-refractivity contribution is -0.137. The van der Waals surface area contributed by atoms with Gasteiger partial charge in [-0.25, -0.2) is 4.98 Å². The fourth-order valence-electron chi connectivity index (χ4n) is 3.19. The molecule has 3 aromatic rings. The standard InChI is InChI=1S/C22H22F3N3O/c1-13(2)11-19(14-3-5-15(6-4-14)21(26)29)28-20-10-7-16-12-17(22(23,24)25)8-9-18(16)27-20/h3-10,12-13,19H,11H2,1-2H3,(H2,26,29)(H,27,28). The maximum Gasteiger partial charge on any atom is 0.416 e. The van der Waals surface area contributed by atoms with Crippen LogP contribution in [0.1, 0.15) is 47.8 Å². The fourth-order valence-corrected chi connectivity index (χ4v) is 3.19. The average Bonchev–Trinajstić information content (AvgIpc) is 2.66. The number of pyridine rings is 1. The van der Waals surface area contributed by atoms with Crippen molar-refractivity contribution in [2.45, 2.75) is 32.5 Å². The lowest BCUT2D eigenvalue weighted by Gasteiger charge is -2.22. The number of primary amides is 1. The van der Waals surface area contributed by atoms with Crippen LogP contribution in [0.15, 0.2) is 54.6 Å². The number of nitrogens with one attached hydrogen (secondary N) is 1. The average molecular weight is 401 g/mol. The molecular formula is C22H22F3N3O. The molecule has 1 heterocycles. The zero-order valence-corrected chi connectivity index (χ0v) is 16.1. The van der Waals surface area contributed by atoms with Crippen molar-refractivity contribution in [2.24, 2.45) is 11.7 Å². The summed E-state index contributed by atoms with van der Waals surface area (Å²) in [5.41, 5.74) is 6.49. The molecule has 1 aromatic heterocycles. The van der Waals surface area contributed by atoms with Gasteiger partial charge in [0.2, 0.25) is 5.91 Å². The molecule has 0 radical (unpaired) electrons. The predicted octanol–water partition coefficient (Wildman–Crippen LogP) is 5.55. The quantitative estimate of drug-likeness (QED) is 0.569. The molecule has 3 rings (SSSR count).